The number of allylic oxidation sites excluding steroid dienone is 1. The van der Waals surface area contributed by atoms with Crippen LogP contribution in [0.5, 0.6) is 17.2 Å². The van der Waals surface area contributed by atoms with E-state index in [9.17, 15) is 14.4 Å². The molecule has 7 nitrogen and oxygen atoms in total. The zero-order chi connectivity index (χ0) is 24.8. The molecular weight excluding hydrogens is 446 g/mol. The number of ketones is 2. The summed E-state index contributed by atoms with van der Waals surface area (Å²) in [6.07, 6.45) is 1.55. The number of rotatable bonds is 9. The molecule has 3 aromatic carbocycles. The molecule has 0 bridgehead atoms. The number of amides is 1. The molecule has 0 aromatic heterocycles. The Hall–Kier alpha value is -4.39. The highest BCUT2D eigenvalue weighted by atomic mass is 16.5. The van der Waals surface area contributed by atoms with Crippen molar-refractivity contribution in [2.24, 2.45) is 0 Å². The molecule has 0 fully saturated rings. The Balaban J connectivity index is 1.45. The average Bonchev–Trinajstić information content (AvgIpc) is 3.10. The van der Waals surface area contributed by atoms with E-state index in [1.807, 2.05) is 13.8 Å². The van der Waals surface area contributed by atoms with Gasteiger partial charge >= 0.3 is 0 Å². The van der Waals surface area contributed by atoms with Crippen LogP contribution in [0.3, 0.4) is 0 Å². The Bertz CT molecular complexity index is 1260. The first kappa shape index (κ1) is 23.8. The minimum Gasteiger partial charge on any atom is -0.494 e. The summed E-state index contributed by atoms with van der Waals surface area (Å²) in [7, 11) is 0. The van der Waals surface area contributed by atoms with Crippen LogP contribution >= 0.6 is 0 Å². The van der Waals surface area contributed by atoms with Crippen LogP contribution in [0.4, 0.5) is 5.69 Å². The van der Waals surface area contributed by atoms with Gasteiger partial charge in [0.25, 0.3) is 5.91 Å². The van der Waals surface area contributed by atoms with Gasteiger partial charge in [0.2, 0.25) is 0 Å². The van der Waals surface area contributed by atoms with E-state index < -0.39 is 0 Å². The smallest absolute Gasteiger partial charge is 0.262 e. The van der Waals surface area contributed by atoms with Crippen LogP contribution in [0.15, 0.2) is 72.3 Å². The number of nitrogens with one attached hydrogen (secondary N) is 1. The van der Waals surface area contributed by atoms with Crippen LogP contribution in [-0.4, -0.2) is 37.3 Å². The zero-order valence-electron chi connectivity index (χ0n) is 19.5. The number of carbonyl (C=O) groups is 3. The van der Waals surface area contributed by atoms with E-state index in [4.69, 9.17) is 14.2 Å². The topological polar surface area (TPSA) is 90.9 Å². The highest BCUT2D eigenvalue weighted by Crippen LogP contribution is 2.32. The quantitative estimate of drug-likeness (QED) is 0.350. The summed E-state index contributed by atoms with van der Waals surface area (Å²) >= 11 is 0. The molecule has 1 amide bonds. The van der Waals surface area contributed by atoms with Crippen molar-refractivity contribution in [2.75, 3.05) is 25.1 Å². The van der Waals surface area contributed by atoms with Gasteiger partial charge in [0.05, 0.1) is 18.8 Å². The third kappa shape index (κ3) is 5.41. The van der Waals surface area contributed by atoms with E-state index in [1.54, 1.807) is 72.8 Å². The van der Waals surface area contributed by atoms with Gasteiger partial charge in [0, 0.05) is 16.8 Å². The molecule has 0 heterocycles. The molecule has 1 aliphatic carbocycles. The van der Waals surface area contributed by atoms with Crippen LogP contribution in [0.1, 0.15) is 40.1 Å². The van der Waals surface area contributed by atoms with E-state index in [0.29, 0.717) is 47.1 Å². The molecule has 178 valence electrons. The Morgan fingerprint density at radius 1 is 0.800 bits per heavy atom. The van der Waals surface area contributed by atoms with Gasteiger partial charge in [0.15, 0.2) is 29.7 Å². The molecule has 3 aromatic rings. The maximum atomic E-state index is 12.7. The SMILES string of the molecule is CCOc1ccc(NC(=O)COc2ccc(C=C3C(=O)c4ccccc4C3=O)cc2OCC)cc1. The summed E-state index contributed by atoms with van der Waals surface area (Å²) in [6, 6.07) is 18.9. The highest BCUT2D eigenvalue weighted by molar-refractivity contribution is 6.41. The molecular formula is C28H25NO6. The van der Waals surface area contributed by atoms with Gasteiger partial charge in [-0.3, -0.25) is 14.4 Å². The molecule has 1 aliphatic rings. The van der Waals surface area contributed by atoms with E-state index in [-0.39, 0.29) is 29.7 Å². The number of hydrogen-bond acceptors (Lipinski definition) is 6. The minimum absolute atomic E-state index is 0.108. The van der Waals surface area contributed by atoms with E-state index in [2.05, 4.69) is 5.32 Å². The Labute approximate surface area is 203 Å². The molecule has 4 rings (SSSR count). The summed E-state index contributed by atoms with van der Waals surface area (Å²) < 4.78 is 16.8. The number of hydrogen-bond donors (Lipinski definition) is 1. The van der Waals surface area contributed by atoms with Crippen molar-refractivity contribution in [1.82, 2.24) is 0 Å². The van der Waals surface area contributed by atoms with Crippen LogP contribution < -0.4 is 19.5 Å². The molecule has 0 radical (unpaired) electrons. The third-order valence-corrected chi connectivity index (χ3v) is 5.29. The van der Waals surface area contributed by atoms with Gasteiger partial charge in [-0.15, -0.1) is 0 Å². The first-order chi connectivity index (χ1) is 17.0. The monoisotopic (exact) mass is 471 g/mol. The Kier molecular flexibility index (Phi) is 7.26. The van der Waals surface area contributed by atoms with Gasteiger partial charge in [-0.25, -0.2) is 0 Å². The summed E-state index contributed by atoms with van der Waals surface area (Å²) in [5.41, 5.74) is 2.17. The van der Waals surface area contributed by atoms with Crippen LogP contribution in [0.2, 0.25) is 0 Å². The highest BCUT2D eigenvalue weighted by Gasteiger charge is 2.32. The third-order valence-electron chi connectivity index (χ3n) is 5.29. The lowest BCUT2D eigenvalue weighted by molar-refractivity contribution is -0.118. The number of benzene rings is 3. The molecule has 7 heteroatoms. The maximum absolute atomic E-state index is 12.7. The number of anilines is 1. The lowest BCUT2D eigenvalue weighted by Gasteiger charge is -2.13. The predicted octanol–water partition coefficient (Wildman–Crippen LogP) is 4.96. The lowest BCUT2D eigenvalue weighted by Crippen LogP contribution is -2.20. The number of ether oxygens (including phenoxy) is 3. The summed E-state index contributed by atoms with van der Waals surface area (Å²) in [6.45, 7) is 4.45. The first-order valence-electron chi connectivity index (χ1n) is 11.3. The minimum atomic E-state index is -0.331. The van der Waals surface area contributed by atoms with Crippen molar-refractivity contribution >= 4 is 29.2 Å². The van der Waals surface area contributed by atoms with Gasteiger partial charge in [0.1, 0.15) is 5.75 Å². The van der Waals surface area contributed by atoms with Crippen molar-refractivity contribution in [3.63, 3.8) is 0 Å². The van der Waals surface area contributed by atoms with Gasteiger partial charge < -0.3 is 19.5 Å². The fourth-order valence-electron chi connectivity index (χ4n) is 3.71. The summed E-state index contributed by atoms with van der Waals surface area (Å²) in [5.74, 6) is 0.588. The molecule has 0 aliphatic heterocycles. The van der Waals surface area contributed by atoms with Gasteiger partial charge in [-0.05, 0) is 61.9 Å². The van der Waals surface area contributed by atoms with E-state index in [1.165, 1.54) is 0 Å². The molecule has 0 unspecified atom stereocenters. The first-order valence-corrected chi connectivity index (χ1v) is 11.3. The second-order valence-corrected chi connectivity index (χ2v) is 7.70. The standard InChI is InChI=1S/C28H25NO6/c1-3-33-20-12-10-19(11-13-20)29-26(30)17-35-24-14-9-18(16-25(24)34-4-2)15-23-27(31)21-7-5-6-8-22(21)28(23)32/h5-16H,3-4,17H2,1-2H3,(H,29,30). The average molecular weight is 472 g/mol. The number of fused-ring (bicyclic) bond motifs is 1. The lowest BCUT2D eigenvalue weighted by atomic mass is 10.1. The largest absolute Gasteiger partial charge is 0.494 e. The van der Waals surface area contributed by atoms with Crippen LogP contribution in [0.25, 0.3) is 6.08 Å². The van der Waals surface area contributed by atoms with Crippen molar-refractivity contribution in [3.8, 4) is 17.2 Å². The fraction of sp³-hybridized carbons (Fsp3) is 0.179. The predicted molar refractivity (Wildman–Crippen MR) is 132 cm³/mol. The molecule has 0 saturated heterocycles. The maximum Gasteiger partial charge on any atom is 0.262 e. The normalized spacial score (nSPS) is 12.2. The number of Topliss-reactive ketones (excluding diaryl/α,β-unsaturated/α-hetero) is 2. The Morgan fingerprint density at radius 2 is 1.46 bits per heavy atom. The number of carbonyl (C=O) groups excluding carboxylic acids is 3. The van der Waals surface area contributed by atoms with Crippen molar-refractivity contribution in [3.05, 3.63) is 89.0 Å². The molecule has 35 heavy (non-hydrogen) atoms. The van der Waals surface area contributed by atoms with E-state index >= 15 is 0 Å². The molecule has 0 spiro atoms. The molecule has 1 N–H and O–H groups in total. The van der Waals surface area contributed by atoms with Gasteiger partial charge in [-0.2, -0.15) is 0 Å². The van der Waals surface area contributed by atoms with Crippen LogP contribution in [0, 0.1) is 0 Å². The van der Waals surface area contributed by atoms with Gasteiger partial charge in [-0.1, -0.05) is 30.3 Å². The zero-order valence-corrected chi connectivity index (χ0v) is 19.5. The summed E-state index contributed by atoms with van der Waals surface area (Å²) in [5, 5.41) is 2.77. The Morgan fingerprint density at radius 3 is 2.09 bits per heavy atom. The van der Waals surface area contributed by atoms with Crippen LogP contribution in [-0.2, 0) is 4.79 Å². The summed E-state index contributed by atoms with van der Waals surface area (Å²) in [4.78, 5) is 37.7. The van der Waals surface area contributed by atoms with Crippen molar-refractivity contribution in [2.45, 2.75) is 13.8 Å². The van der Waals surface area contributed by atoms with Crippen molar-refractivity contribution in [1.29, 1.82) is 0 Å². The fourth-order valence-corrected chi connectivity index (χ4v) is 3.71. The van der Waals surface area contributed by atoms with E-state index in [0.717, 1.165) is 5.75 Å². The second kappa shape index (κ2) is 10.7. The van der Waals surface area contributed by atoms with Crippen molar-refractivity contribution < 1.29 is 28.6 Å². The molecule has 0 saturated carbocycles. The second-order valence-electron chi connectivity index (χ2n) is 7.70. The molecule has 0 atom stereocenters.